The summed E-state index contributed by atoms with van der Waals surface area (Å²) in [6.07, 6.45) is 1.65. The van der Waals surface area contributed by atoms with E-state index in [1.165, 1.54) is 10.8 Å². The van der Waals surface area contributed by atoms with Gasteiger partial charge >= 0.3 is 6.03 Å². The highest BCUT2D eigenvalue weighted by Crippen LogP contribution is 2.27. The topological polar surface area (TPSA) is 58.6 Å². The van der Waals surface area contributed by atoms with Crippen molar-refractivity contribution in [3.8, 4) is 5.75 Å². The van der Waals surface area contributed by atoms with Crippen molar-refractivity contribution < 1.29 is 14.3 Å². The Hall–Kier alpha value is -3.36. The van der Waals surface area contributed by atoms with Gasteiger partial charge in [-0.2, -0.15) is 0 Å². The maximum Gasteiger partial charge on any atom is 0.333 e. The molecule has 5 rings (SSSR count). The first-order chi connectivity index (χ1) is 16.5. The largest absolute Gasteiger partial charge is 0.488 e. The van der Waals surface area contributed by atoms with E-state index in [2.05, 4.69) is 58.2 Å². The molecule has 0 atom stereocenters. The lowest BCUT2D eigenvalue weighted by Gasteiger charge is -2.11. The number of hydrogen-bond acceptors (Lipinski definition) is 3. The van der Waals surface area contributed by atoms with Gasteiger partial charge in [-0.15, -0.1) is 0 Å². The Morgan fingerprint density at radius 1 is 0.912 bits per heavy atom. The van der Waals surface area contributed by atoms with Crippen molar-refractivity contribution in [2.45, 2.75) is 6.61 Å². The van der Waals surface area contributed by atoms with E-state index in [1.807, 2.05) is 30.3 Å². The number of ether oxygens (including phenoxy) is 1. The standard InChI is InChI=1S/C27H18ClIN2O3/c28-21-6-3-7-22(15-21)31-26(32)24(30-27(31)33)14-17-9-11-25(23(29)13-17)34-16-18-8-10-19-4-1-2-5-20(19)12-18/h1-15H,16H2,(H,30,33)/b24-14+. The van der Waals surface area contributed by atoms with Gasteiger partial charge in [0.05, 0.1) is 9.26 Å². The highest BCUT2D eigenvalue weighted by atomic mass is 127. The Balaban J connectivity index is 1.31. The Morgan fingerprint density at radius 2 is 1.74 bits per heavy atom. The minimum atomic E-state index is -0.511. The number of amides is 3. The molecule has 4 aromatic carbocycles. The molecule has 1 saturated heterocycles. The van der Waals surface area contributed by atoms with Gasteiger partial charge in [-0.25, -0.2) is 9.69 Å². The second kappa shape index (κ2) is 9.48. The van der Waals surface area contributed by atoms with Crippen LogP contribution >= 0.6 is 34.2 Å². The predicted octanol–water partition coefficient (Wildman–Crippen LogP) is 6.77. The molecular weight excluding hydrogens is 563 g/mol. The van der Waals surface area contributed by atoms with E-state index >= 15 is 0 Å². The third kappa shape index (κ3) is 4.64. The lowest BCUT2D eigenvalue weighted by Crippen LogP contribution is -2.30. The summed E-state index contributed by atoms with van der Waals surface area (Å²) >= 11 is 8.21. The van der Waals surface area contributed by atoms with Crippen LogP contribution in [0.3, 0.4) is 0 Å². The molecule has 7 heteroatoms. The number of nitrogens with zero attached hydrogens (tertiary/aromatic N) is 1. The molecule has 34 heavy (non-hydrogen) atoms. The number of urea groups is 1. The van der Waals surface area contributed by atoms with Gasteiger partial charge in [-0.1, -0.05) is 60.1 Å². The Labute approximate surface area is 215 Å². The molecule has 0 unspecified atom stereocenters. The van der Waals surface area contributed by atoms with Crippen LogP contribution in [0.5, 0.6) is 5.75 Å². The molecule has 1 heterocycles. The van der Waals surface area contributed by atoms with Crippen molar-refractivity contribution in [2.75, 3.05) is 4.90 Å². The first kappa shape index (κ1) is 22.4. The molecule has 0 bridgehead atoms. The van der Waals surface area contributed by atoms with Crippen LogP contribution in [0, 0.1) is 3.57 Å². The van der Waals surface area contributed by atoms with E-state index in [1.54, 1.807) is 30.3 Å². The number of carbonyl (C=O) groups excluding carboxylic acids is 2. The fraction of sp³-hybridized carbons (Fsp3) is 0.0370. The molecule has 0 spiro atoms. The van der Waals surface area contributed by atoms with Gasteiger partial charge in [-0.05, 0) is 87.0 Å². The normalized spacial score (nSPS) is 14.6. The van der Waals surface area contributed by atoms with E-state index in [0.717, 1.165) is 25.3 Å². The van der Waals surface area contributed by atoms with E-state index in [-0.39, 0.29) is 5.70 Å². The van der Waals surface area contributed by atoms with Gasteiger partial charge in [0.25, 0.3) is 5.91 Å². The van der Waals surface area contributed by atoms with E-state index in [0.29, 0.717) is 17.3 Å². The van der Waals surface area contributed by atoms with Gasteiger partial charge in [0.1, 0.15) is 18.1 Å². The van der Waals surface area contributed by atoms with Crippen molar-refractivity contribution in [3.63, 3.8) is 0 Å². The molecule has 0 radical (unpaired) electrons. The smallest absolute Gasteiger partial charge is 0.333 e. The molecule has 1 aliphatic rings. The molecule has 5 nitrogen and oxygen atoms in total. The minimum absolute atomic E-state index is 0.200. The number of rotatable bonds is 5. The van der Waals surface area contributed by atoms with Crippen molar-refractivity contribution in [1.29, 1.82) is 0 Å². The molecule has 4 aromatic rings. The number of anilines is 1. The van der Waals surface area contributed by atoms with Crippen molar-refractivity contribution in [3.05, 3.63) is 110 Å². The third-order valence-corrected chi connectivity index (χ3v) is 6.50. The summed E-state index contributed by atoms with van der Waals surface area (Å²) in [6.45, 7) is 0.449. The maximum atomic E-state index is 12.8. The van der Waals surface area contributed by atoms with Crippen LogP contribution in [-0.2, 0) is 11.4 Å². The zero-order valence-corrected chi connectivity index (χ0v) is 20.7. The Bertz CT molecular complexity index is 1470. The average molecular weight is 581 g/mol. The quantitative estimate of drug-likeness (QED) is 0.161. The SMILES string of the molecule is O=C1N/C(=C/c2ccc(OCc3ccc4ccccc4c3)c(I)c2)C(=O)N1c1cccc(Cl)c1. The van der Waals surface area contributed by atoms with Crippen molar-refractivity contribution >= 4 is 68.7 Å². The zero-order valence-electron chi connectivity index (χ0n) is 17.8. The summed E-state index contributed by atoms with van der Waals surface area (Å²) in [4.78, 5) is 26.3. The number of fused-ring (bicyclic) bond motifs is 1. The molecular formula is C27H18ClIN2O3. The summed E-state index contributed by atoms with van der Waals surface area (Å²) in [5, 5.41) is 5.46. The lowest BCUT2D eigenvalue weighted by molar-refractivity contribution is -0.113. The van der Waals surface area contributed by atoms with Crippen LogP contribution in [0.25, 0.3) is 16.8 Å². The average Bonchev–Trinajstić information content (AvgIpc) is 3.11. The number of halogens is 2. The van der Waals surface area contributed by atoms with Gasteiger partial charge in [0, 0.05) is 5.02 Å². The fourth-order valence-corrected chi connectivity index (χ4v) is 4.64. The fourth-order valence-electron chi connectivity index (χ4n) is 3.77. The molecule has 168 valence electrons. The second-order valence-electron chi connectivity index (χ2n) is 7.77. The molecule has 0 aromatic heterocycles. The first-order valence-corrected chi connectivity index (χ1v) is 12.0. The third-order valence-electron chi connectivity index (χ3n) is 5.42. The molecule has 3 amide bonds. The Kier molecular flexibility index (Phi) is 6.26. The molecule has 1 N–H and O–H groups in total. The second-order valence-corrected chi connectivity index (χ2v) is 9.37. The number of imide groups is 1. The Morgan fingerprint density at radius 3 is 2.53 bits per heavy atom. The summed E-state index contributed by atoms with van der Waals surface area (Å²) in [6, 6.07) is 26.2. The van der Waals surface area contributed by atoms with E-state index in [4.69, 9.17) is 16.3 Å². The van der Waals surface area contributed by atoms with Gasteiger partial charge in [0.15, 0.2) is 0 Å². The molecule has 0 saturated carbocycles. The van der Waals surface area contributed by atoms with Crippen LogP contribution in [-0.4, -0.2) is 11.9 Å². The summed E-state index contributed by atoms with van der Waals surface area (Å²) < 4.78 is 6.93. The maximum absolute atomic E-state index is 12.8. The number of benzene rings is 4. The van der Waals surface area contributed by atoms with Crippen LogP contribution in [0.15, 0.2) is 90.6 Å². The highest BCUT2D eigenvalue weighted by Gasteiger charge is 2.34. The summed E-state index contributed by atoms with van der Waals surface area (Å²) in [7, 11) is 0. The van der Waals surface area contributed by atoms with Crippen LogP contribution in [0.4, 0.5) is 10.5 Å². The number of hydrogen-bond donors (Lipinski definition) is 1. The number of nitrogens with one attached hydrogen (secondary N) is 1. The summed E-state index contributed by atoms with van der Waals surface area (Å²) in [5.41, 5.74) is 2.48. The highest BCUT2D eigenvalue weighted by molar-refractivity contribution is 14.1. The van der Waals surface area contributed by atoms with Gasteiger partial charge in [0.2, 0.25) is 0 Å². The van der Waals surface area contributed by atoms with E-state index in [9.17, 15) is 9.59 Å². The van der Waals surface area contributed by atoms with E-state index < -0.39 is 11.9 Å². The van der Waals surface area contributed by atoms with Crippen LogP contribution in [0.1, 0.15) is 11.1 Å². The van der Waals surface area contributed by atoms with Crippen molar-refractivity contribution in [1.82, 2.24) is 5.32 Å². The van der Waals surface area contributed by atoms with Gasteiger partial charge in [-0.3, -0.25) is 4.79 Å². The first-order valence-electron chi connectivity index (χ1n) is 10.5. The van der Waals surface area contributed by atoms with Crippen molar-refractivity contribution in [2.24, 2.45) is 0 Å². The number of carbonyl (C=O) groups is 2. The van der Waals surface area contributed by atoms with Crippen LogP contribution < -0.4 is 15.0 Å². The molecule has 1 aliphatic heterocycles. The summed E-state index contributed by atoms with van der Waals surface area (Å²) in [5.74, 6) is 0.317. The minimum Gasteiger partial charge on any atom is -0.488 e. The monoisotopic (exact) mass is 580 g/mol. The van der Waals surface area contributed by atoms with Gasteiger partial charge < -0.3 is 10.1 Å². The van der Waals surface area contributed by atoms with Crippen LogP contribution in [0.2, 0.25) is 5.02 Å². The molecule has 1 fully saturated rings. The predicted molar refractivity (Wildman–Crippen MR) is 143 cm³/mol. The zero-order chi connectivity index (χ0) is 23.7. The lowest BCUT2D eigenvalue weighted by atomic mass is 10.1. The molecule has 0 aliphatic carbocycles.